The molecule has 4 nitrogen and oxygen atoms in total. The number of amides is 1. The Kier molecular flexibility index (Phi) is 6.27. The van der Waals surface area contributed by atoms with Crippen LogP contribution in [0.3, 0.4) is 0 Å². The van der Waals surface area contributed by atoms with Crippen molar-refractivity contribution in [3.63, 3.8) is 0 Å². The number of rotatable bonds is 5. The maximum absolute atomic E-state index is 11.9. The van der Waals surface area contributed by atoms with Gasteiger partial charge < -0.3 is 15.0 Å². The van der Waals surface area contributed by atoms with Gasteiger partial charge in [-0.05, 0) is 55.2 Å². The fourth-order valence-corrected chi connectivity index (χ4v) is 3.80. The zero-order valence-electron chi connectivity index (χ0n) is 16.1. The average molecular weight is 387 g/mol. The van der Waals surface area contributed by atoms with Gasteiger partial charge in [0.15, 0.2) is 5.75 Å². The van der Waals surface area contributed by atoms with Gasteiger partial charge >= 0.3 is 0 Å². The molecule has 0 aromatic heterocycles. The third-order valence-electron chi connectivity index (χ3n) is 5.11. The van der Waals surface area contributed by atoms with Crippen LogP contribution in [-0.4, -0.2) is 29.4 Å². The fourth-order valence-electron chi connectivity index (χ4n) is 3.68. The Labute approximate surface area is 166 Å². The summed E-state index contributed by atoms with van der Waals surface area (Å²) in [7, 11) is 0. The molecule has 1 N–H and O–H groups in total. The Morgan fingerprint density at radius 2 is 1.89 bits per heavy atom. The second kappa shape index (κ2) is 8.66. The van der Waals surface area contributed by atoms with E-state index in [4.69, 9.17) is 16.3 Å². The minimum Gasteiger partial charge on any atom is -0.455 e. The number of halogens is 1. The molecule has 1 aliphatic rings. The summed E-state index contributed by atoms with van der Waals surface area (Å²) in [6.45, 7) is 6.82. The number of piperidine rings is 1. The van der Waals surface area contributed by atoms with Crippen molar-refractivity contribution in [2.75, 3.05) is 11.9 Å². The molecule has 1 heterocycles. The molecule has 27 heavy (non-hydrogen) atoms. The average Bonchev–Trinajstić information content (AvgIpc) is 2.65. The molecule has 0 aliphatic carbocycles. The van der Waals surface area contributed by atoms with Crippen LogP contribution in [0.15, 0.2) is 48.5 Å². The summed E-state index contributed by atoms with van der Waals surface area (Å²) in [6.07, 6.45) is 1.87. The SMILES string of the molecule is CC(=O)N1CCC(Nc2ccccc2Oc2ccc(Cl)cc2)CC1C(C)C. The second-order valence-electron chi connectivity index (χ2n) is 7.44. The molecule has 0 saturated carbocycles. The summed E-state index contributed by atoms with van der Waals surface area (Å²) in [5.74, 6) is 2.13. The Morgan fingerprint density at radius 3 is 2.56 bits per heavy atom. The molecule has 2 atom stereocenters. The first-order chi connectivity index (χ1) is 12.9. The molecule has 1 fully saturated rings. The van der Waals surface area contributed by atoms with Crippen molar-refractivity contribution in [2.45, 2.75) is 45.7 Å². The number of carbonyl (C=O) groups excluding carboxylic acids is 1. The third-order valence-corrected chi connectivity index (χ3v) is 5.36. The largest absolute Gasteiger partial charge is 0.455 e. The summed E-state index contributed by atoms with van der Waals surface area (Å²) in [5, 5.41) is 4.32. The van der Waals surface area contributed by atoms with Gasteiger partial charge in [0.25, 0.3) is 0 Å². The molecule has 2 unspecified atom stereocenters. The Bertz CT molecular complexity index is 776. The van der Waals surface area contributed by atoms with Crippen LogP contribution in [0.4, 0.5) is 5.69 Å². The summed E-state index contributed by atoms with van der Waals surface area (Å²) >= 11 is 5.95. The van der Waals surface area contributed by atoms with Crippen LogP contribution in [-0.2, 0) is 4.79 Å². The molecule has 5 heteroatoms. The highest BCUT2D eigenvalue weighted by atomic mass is 35.5. The van der Waals surface area contributed by atoms with E-state index in [1.54, 1.807) is 6.92 Å². The second-order valence-corrected chi connectivity index (χ2v) is 7.88. The number of nitrogens with one attached hydrogen (secondary N) is 1. The predicted molar refractivity (Wildman–Crippen MR) is 111 cm³/mol. The predicted octanol–water partition coefficient (Wildman–Crippen LogP) is 5.58. The molecule has 1 aliphatic heterocycles. The van der Waals surface area contributed by atoms with Crippen LogP contribution in [0.1, 0.15) is 33.6 Å². The van der Waals surface area contributed by atoms with Gasteiger partial charge in [0.1, 0.15) is 5.75 Å². The number of carbonyl (C=O) groups is 1. The van der Waals surface area contributed by atoms with Crippen LogP contribution >= 0.6 is 11.6 Å². The zero-order valence-corrected chi connectivity index (χ0v) is 16.9. The molecule has 3 rings (SSSR count). The lowest BCUT2D eigenvalue weighted by Crippen LogP contribution is -2.50. The number of para-hydroxylation sites is 2. The van der Waals surface area contributed by atoms with Crippen molar-refractivity contribution in [2.24, 2.45) is 5.92 Å². The lowest BCUT2D eigenvalue weighted by atomic mass is 9.89. The molecule has 2 aromatic rings. The van der Waals surface area contributed by atoms with Gasteiger partial charge in [0.05, 0.1) is 5.69 Å². The summed E-state index contributed by atoms with van der Waals surface area (Å²) < 4.78 is 6.05. The maximum atomic E-state index is 11.9. The highest BCUT2D eigenvalue weighted by Gasteiger charge is 2.32. The summed E-state index contributed by atoms with van der Waals surface area (Å²) in [5.41, 5.74) is 0.969. The van der Waals surface area contributed by atoms with Crippen LogP contribution in [0.2, 0.25) is 5.02 Å². The molecule has 144 valence electrons. The minimum atomic E-state index is 0.165. The van der Waals surface area contributed by atoms with E-state index in [0.29, 0.717) is 17.0 Å². The van der Waals surface area contributed by atoms with Gasteiger partial charge in [-0.15, -0.1) is 0 Å². The standard InChI is InChI=1S/C22H27ClN2O2/c1-15(2)21-14-18(12-13-25(21)16(3)26)24-20-6-4-5-7-22(20)27-19-10-8-17(23)9-11-19/h4-11,15,18,21,24H,12-14H2,1-3H3. The molecule has 0 spiro atoms. The Morgan fingerprint density at radius 1 is 1.19 bits per heavy atom. The molecule has 1 amide bonds. The monoisotopic (exact) mass is 386 g/mol. The highest BCUT2D eigenvalue weighted by Crippen LogP contribution is 2.33. The van der Waals surface area contributed by atoms with E-state index >= 15 is 0 Å². The third kappa shape index (κ3) is 4.95. The van der Waals surface area contributed by atoms with Crippen molar-refractivity contribution in [1.82, 2.24) is 4.90 Å². The smallest absolute Gasteiger partial charge is 0.219 e. The van der Waals surface area contributed by atoms with Crippen molar-refractivity contribution in [3.8, 4) is 11.5 Å². The molecule has 0 radical (unpaired) electrons. The number of hydrogen-bond acceptors (Lipinski definition) is 3. The van der Waals surface area contributed by atoms with Crippen molar-refractivity contribution < 1.29 is 9.53 Å². The van der Waals surface area contributed by atoms with Crippen molar-refractivity contribution in [3.05, 3.63) is 53.6 Å². The number of hydrogen-bond donors (Lipinski definition) is 1. The quantitative estimate of drug-likeness (QED) is 0.729. The van der Waals surface area contributed by atoms with E-state index in [2.05, 4.69) is 19.2 Å². The lowest BCUT2D eigenvalue weighted by Gasteiger charge is -2.41. The number of nitrogens with zero attached hydrogens (tertiary/aromatic N) is 1. The Balaban J connectivity index is 1.72. The molecule has 1 saturated heterocycles. The van der Waals surface area contributed by atoms with Crippen LogP contribution < -0.4 is 10.1 Å². The lowest BCUT2D eigenvalue weighted by molar-refractivity contribution is -0.133. The van der Waals surface area contributed by atoms with Crippen LogP contribution in [0.25, 0.3) is 0 Å². The summed E-state index contributed by atoms with van der Waals surface area (Å²) in [4.78, 5) is 13.9. The maximum Gasteiger partial charge on any atom is 0.219 e. The van der Waals surface area contributed by atoms with Crippen molar-refractivity contribution >= 4 is 23.2 Å². The number of likely N-dealkylation sites (tertiary alicyclic amines) is 1. The van der Waals surface area contributed by atoms with Gasteiger partial charge in [0, 0.05) is 30.6 Å². The van der Waals surface area contributed by atoms with Crippen LogP contribution in [0.5, 0.6) is 11.5 Å². The molecule has 0 bridgehead atoms. The van der Waals surface area contributed by atoms with Crippen LogP contribution in [0, 0.1) is 5.92 Å². The normalized spacial score (nSPS) is 19.8. The van der Waals surface area contributed by atoms with Gasteiger partial charge in [-0.25, -0.2) is 0 Å². The van der Waals surface area contributed by atoms with E-state index in [1.165, 1.54) is 0 Å². The number of ether oxygens (including phenoxy) is 1. The van der Waals surface area contributed by atoms with E-state index in [1.807, 2.05) is 53.4 Å². The molecule has 2 aromatic carbocycles. The topological polar surface area (TPSA) is 41.6 Å². The first kappa shape index (κ1) is 19.6. The van der Waals surface area contributed by atoms with Gasteiger partial charge in [-0.2, -0.15) is 0 Å². The minimum absolute atomic E-state index is 0.165. The van der Waals surface area contributed by atoms with E-state index < -0.39 is 0 Å². The fraction of sp³-hybridized carbons (Fsp3) is 0.409. The van der Waals surface area contributed by atoms with Gasteiger partial charge in [0.2, 0.25) is 5.91 Å². The molecular formula is C22H27ClN2O2. The summed E-state index contributed by atoms with van der Waals surface area (Å²) in [6, 6.07) is 15.9. The van der Waals surface area contributed by atoms with Gasteiger partial charge in [-0.3, -0.25) is 4.79 Å². The number of anilines is 1. The zero-order chi connectivity index (χ0) is 19.4. The number of benzene rings is 2. The first-order valence-electron chi connectivity index (χ1n) is 9.50. The van der Waals surface area contributed by atoms with Gasteiger partial charge in [-0.1, -0.05) is 37.6 Å². The highest BCUT2D eigenvalue weighted by molar-refractivity contribution is 6.30. The van der Waals surface area contributed by atoms with E-state index in [9.17, 15) is 4.79 Å². The van der Waals surface area contributed by atoms with E-state index in [0.717, 1.165) is 36.6 Å². The molecular weight excluding hydrogens is 360 g/mol. The Hall–Kier alpha value is -2.20. The van der Waals surface area contributed by atoms with Crippen molar-refractivity contribution in [1.29, 1.82) is 0 Å². The first-order valence-corrected chi connectivity index (χ1v) is 9.88. The van der Waals surface area contributed by atoms with E-state index in [-0.39, 0.29) is 11.9 Å².